The first-order valence-corrected chi connectivity index (χ1v) is 28.6. The number of aromatic nitrogens is 2. The molecule has 0 radical (unpaired) electrons. The quantitative estimate of drug-likeness (QED) is 0.156. The minimum absolute atomic E-state index is 0.395. The van der Waals surface area contributed by atoms with E-state index >= 15 is 0 Å². The van der Waals surface area contributed by atoms with E-state index in [1.807, 2.05) is 59.9 Å². The van der Waals surface area contributed by atoms with E-state index in [9.17, 15) is 11.8 Å². The molecule has 0 aliphatic rings. The summed E-state index contributed by atoms with van der Waals surface area (Å²) in [5.41, 5.74) is 15.4. The van der Waals surface area contributed by atoms with E-state index < -0.39 is 0 Å². The molecule has 0 saturated heterocycles. The fourth-order valence-corrected chi connectivity index (χ4v) is 15.7. The SMILES string of the molecule is [C-]#[N+]c1c(-c2ccccc2)c(C#N)c(-n2c3c(ccc4c5ccccc5sc43)c3ccc4c5cccc(-c6ccccc6)c5sc4c32)c(-c2ccccc2)c1-n1c2ccccc2c2ccc(-c3ccc4oc5ccccc5c4c3)cc21. The first kappa shape index (κ1) is 45.5. The van der Waals surface area contributed by atoms with Crippen molar-refractivity contribution in [1.29, 1.82) is 5.26 Å². The van der Waals surface area contributed by atoms with E-state index in [1.54, 1.807) is 11.3 Å². The lowest BCUT2D eigenvalue weighted by Crippen LogP contribution is -2.09. The molecule has 0 saturated carbocycles. The molecular formula is C74H40N4OS2. The molecule has 7 heteroatoms. The average molecular weight is 1070 g/mol. The number of furan rings is 1. The molecule has 0 aliphatic heterocycles. The van der Waals surface area contributed by atoms with Gasteiger partial charge in [-0.1, -0.05) is 206 Å². The van der Waals surface area contributed by atoms with Gasteiger partial charge in [0.1, 0.15) is 17.2 Å². The largest absolute Gasteiger partial charge is 0.456 e. The van der Waals surface area contributed by atoms with Gasteiger partial charge in [0.05, 0.1) is 55.0 Å². The van der Waals surface area contributed by atoms with Gasteiger partial charge in [-0.3, -0.25) is 0 Å². The molecule has 5 aromatic heterocycles. The Morgan fingerprint density at radius 3 is 1.67 bits per heavy atom. The van der Waals surface area contributed by atoms with Crippen molar-refractivity contribution in [2.24, 2.45) is 0 Å². The lowest BCUT2D eigenvalue weighted by Gasteiger charge is -2.26. The molecule has 0 fully saturated rings. The van der Waals surface area contributed by atoms with E-state index in [0.717, 1.165) is 125 Å². The van der Waals surface area contributed by atoms with E-state index in [4.69, 9.17) is 4.42 Å². The Balaban J connectivity index is 1.10. The number of fused-ring (bicyclic) bond motifs is 17. The van der Waals surface area contributed by atoms with Crippen LogP contribution in [0.5, 0.6) is 0 Å². The molecule has 374 valence electrons. The molecule has 0 spiro atoms. The molecular weight excluding hydrogens is 1020 g/mol. The van der Waals surface area contributed by atoms with Crippen LogP contribution >= 0.6 is 22.7 Å². The summed E-state index contributed by atoms with van der Waals surface area (Å²) < 4.78 is 15.8. The van der Waals surface area contributed by atoms with Crippen LogP contribution in [0, 0.1) is 17.9 Å². The number of hydrogen-bond donors (Lipinski definition) is 0. The van der Waals surface area contributed by atoms with Crippen molar-refractivity contribution in [3.8, 4) is 62.0 Å². The van der Waals surface area contributed by atoms with Crippen molar-refractivity contribution in [1.82, 2.24) is 9.13 Å². The fraction of sp³-hybridized carbons (Fsp3) is 0. The van der Waals surface area contributed by atoms with Crippen LogP contribution in [0.3, 0.4) is 0 Å². The summed E-state index contributed by atoms with van der Waals surface area (Å²) in [6.07, 6.45) is 0. The summed E-state index contributed by atoms with van der Waals surface area (Å²) in [7, 11) is 0. The minimum Gasteiger partial charge on any atom is -0.456 e. The summed E-state index contributed by atoms with van der Waals surface area (Å²) in [4.78, 5) is 4.65. The molecule has 0 aliphatic carbocycles. The van der Waals surface area contributed by atoms with Crippen molar-refractivity contribution < 1.29 is 4.42 Å². The molecule has 0 unspecified atom stereocenters. The molecule has 17 rings (SSSR count). The van der Waals surface area contributed by atoms with Crippen LogP contribution in [0.15, 0.2) is 247 Å². The number of nitriles is 1. The third kappa shape index (κ3) is 6.50. The van der Waals surface area contributed by atoms with E-state index in [0.29, 0.717) is 22.5 Å². The van der Waals surface area contributed by atoms with Gasteiger partial charge in [-0.25, -0.2) is 4.85 Å². The van der Waals surface area contributed by atoms with Crippen LogP contribution < -0.4 is 0 Å². The molecule has 0 bridgehead atoms. The number of nitrogens with zero attached hydrogens (tertiary/aromatic N) is 4. The van der Waals surface area contributed by atoms with Gasteiger partial charge in [0.2, 0.25) is 5.69 Å². The first-order chi connectivity index (χ1) is 40.1. The minimum atomic E-state index is 0.395. The standard InChI is InChI=1S/C74H40N4OS2/c1-76-67-65(44-20-7-3-8-21-44)59(42-75)68(78-69-53(35-37-56-52-26-13-16-31-64(52)80-73(56)69)54-36-38-57-55-28-17-27-48(43-18-5-2-6-19-43)72(55)81-74(57)70(54)78)66(45-22-9-4-10-23-45)71(67)77-60-29-14-11-24-49(60)50-34-32-47(41-61(50)77)46-33-39-63-58(40-46)51-25-12-15-30-62(51)79-63/h2-41H. The zero-order valence-corrected chi connectivity index (χ0v) is 44.7. The van der Waals surface area contributed by atoms with Gasteiger partial charge in [0.25, 0.3) is 0 Å². The summed E-state index contributed by atoms with van der Waals surface area (Å²) in [6, 6.07) is 88.6. The van der Waals surface area contributed by atoms with E-state index in [1.165, 1.54) is 25.7 Å². The van der Waals surface area contributed by atoms with Gasteiger partial charge < -0.3 is 13.6 Å². The van der Waals surface area contributed by atoms with Crippen LogP contribution in [0.1, 0.15) is 5.56 Å². The van der Waals surface area contributed by atoms with Crippen molar-refractivity contribution in [3.05, 3.63) is 260 Å². The highest BCUT2D eigenvalue weighted by Gasteiger charge is 2.33. The average Bonchev–Trinajstić information content (AvgIpc) is 2.68. The molecule has 5 heterocycles. The van der Waals surface area contributed by atoms with Gasteiger partial charge in [-0.2, -0.15) is 5.26 Å². The second kappa shape index (κ2) is 17.5. The van der Waals surface area contributed by atoms with Gasteiger partial charge in [-0.05, 0) is 69.8 Å². The Hall–Kier alpha value is -10.5. The van der Waals surface area contributed by atoms with Crippen molar-refractivity contribution in [2.75, 3.05) is 0 Å². The molecule has 0 atom stereocenters. The van der Waals surface area contributed by atoms with Crippen LogP contribution in [0.2, 0.25) is 0 Å². The smallest absolute Gasteiger partial charge is 0.220 e. The Labute approximate surface area is 471 Å². The third-order valence-electron chi connectivity index (χ3n) is 16.6. The van der Waals surface area contributed by atoms with Gasteiger partial charge in [0, 0.05) is 74.4 Å². The second-order valence-corrected chi connectivity index (χ2v) is 22.9. The van der Waals surface area contributed by atoms with Crippen molar-refractivity contribution >= 4 is 134 Å². The van der Waals surface area contributed by atoms with E-state index in [-0.39, 0.29) is 0 Å². The number of para-hydroxylation sites is 2. The highest BCUT2D eigenvalue weighted by atomic mass is 32.1. The van der Waals surface area contributed by atoms with Gasteiger partial charge in [0.15, 0.2) is 0 Å². The summed E-state index contributed by atoms with van der Waals surface area (Å²) >= 11 is 3.61. The number of hydrogen-bond acceptors (Lipinski definition) is 4. The Morgan fingerprint density at radius 2 is 0.926 bits per heavy atom. The third-order valence-corrected chi connectivity index (χ3v) is 19.0. The summed E-state index contributed by atoms with van der Waals surface area (Å²) in [5.74, 6) is 0. The molecule has 0 N–H and O–H groups in total. The zero-order valence-electron chi connectivity index (χ0n) is 43.1. The maximum atomic E-state index is 12.4. The summed E-state index contributed by atoms with van der Waals surface area (Å²) in [6.45, 7) is 9.56. The van der Waals surface area contributed by atoms with Crippen LogP contribution in [-0.2, 0) is 0 Å². The lowest BCUT2D eigenvalue weighted by atomic mass is 9.88. The molecule has 81 heavy (non-hydrogen) atoms. The predicted molar refractivity (Wildman–Crippen MR) is 341 cm³/mol. The Morgan fingerprint density at radius 1 is 0.383 bits per heavy atom. The molecule has 17 aromatic rings. The van der Waals surface area contributed by atoms with Crippen molar-refractivity contribution in [3.63, 3.8) is 0 Å². The monoisotopic (exact) mass is 1060 g/mol. The first-order valence-electron chi connectivity index (χ1n) is 27.0. The lowest BCUT2D eigenvalue weighted by molar-refractivity contribution is 0.669. The number of thiophene rings is 2. The zero-order chi connectivity index (χ0) is 53.4. The molecule has 12 aromatic carbocycles. The predicted octanol–water partition coefficient (Wildman–Crippen LogP) is 21.6. The summed E-state index contributed by atoms with van der Waals surface area (Å²) in [5, 5.41) is 23.5. The van der Waals surface area contributed by atoms with Crippen LogP contribution in [0.25, 0.3) is 167 Å². The van der Waals surface area contributed by atoms with Crippen LogP contribution in [-0.4, -0.2) is 9.13 Å². The molecule has 0 amide bonds. The Bertz CT molecular complexity index is 5610. The highest BCUT2D eigenvalue weighted by Crippen LogP contribution is 2.55. The second-order valence-electron chi connectivity index (χ2n) is 20.8. The fourth-order valence-electron chi connectivity index (χ4n) is 13.1. The van der Waals surface area contributed by atoms with Crippen molar-refractivity contribution in [2.45, 2.75) is 0 Å². The Kier molecular flexibility index (Phi) is 9.82. The highest BCUT2D eigenvalue weighted by molar-refractivity contribution is 7.27. The number of rotatable bonds is 6. The van der Waals surface area contributed by atoms with Crippen LogP contribution in [0.4, 0.5) is 5.69 Å². The normalized spacial score (nSPS) is 11.9. The van der Waals surface area contributed by atoms with Gasteiger partial charge >= 0.3 is 0 Å². The van der Waals surface area contributed by atoms with E-state index in [2.05, 4.69) is 214 Å². The maximum Gasteiger partial charge on any atom is 0.220 e. The number of benzene rings is 12. The maximum absolute atomic E-state index is 12.4. The van der Waals surface area contributed by atoms with Gasteiger partial charge in [-0.15, -0.1) is 22.7 Å². The molecule has 5 nitrogen and oxygen atoms in total. The topological polar surface area (TPSA) is 51.1 Å².